The molecule has 0 aliphatic heterocycles. The first-order valence-electron chi connectivity index (χ1n) is 6.71. The van der Waals surface area contributed by atoms with Crippen molar-refractivity contribution < 1.29 is 9.53 Å². The molecule has 112 valence electrons. The van der Waals surface area contributed by atoms with Crippen LogP contribution in [0.5, 0.6) is 5.75 Å². The average molecular weight is 305 g/mol. The number of likely N-dealkylation sites (N-methyl/N-ethyl adjacent to an activating group) is 1. The van der Waals surface area contributed by atoms with Crippen LogP contribution >= 0.6 is 11.3 Å². The van der Waals surface area contributed by atoms with Crippen LogP contribution in [0.15, 0.2) is 35.8 Å². The molecular weight excluding hydrogens is 286 g/mol. The first-order valence-corrected chi connectivity index (χ1v) is 7.59. The molecule has 1 heterocycles. The van der Waals surface area contributed by atoms with Crippen LogP contribution in [0.2, 0.25) is 0 Å². The summed E-state index contributed by atoms with van der Waals surface area (Å²) >= 11 is 1.41. The SMILES string of the molecule is Cc1ccccc1OCCN(C)CC(=O)Nc1nccs1. The highest BCUT2D eigenvalue weighted by atomic mass is 32.1. The normalized spacial score (nSPS) is 10.6. The lowest BCUT2D eigenvalue weighted by molar-refractivity contribution is -0.117. The van der Waals surface area contributed by atoms with E-state index in [2.05, 4.69) is 10.3 Å². The van der Waals surface area contributed by atoms with E-state index in [0.717, 1.165) is 11.3 Å². The van der Waals surface area contributed by atoms with Gasteiger partial charge in [-0.05, 0) is 25.6 Å². The second-order valence-corrected chi connectivity index (χ2v) is 5.63. The van der Waals surface area contributed by atoms with Crippen LogP contribution < -0.4 is 10.1 Å². The number of aryl methyl sites for hydroxylation is 1. The fourth-order valence-electron chi connectivity index (χ4n) is 1.80. The molecule has 5 nitrogen and oxygen atoms in total. The number of nitrogens with zero attached hydrogens (tertiary/aromatic N) is 2. The summed E-state index contributed by atoms with van der Waals surface area (Å²) in [4.78, 5) is 17.7. The van der Waals surface area contributed by atoms with E-state index in [1.54, 1.807) is 6.20 Å². The number of hydrogen-bond donors (Lipinski definition) is 1. The summed E-state index contributed by atoms with van der Waals surface area (Å²) < 4.78 is 5.71. The van der Waals surface area contributed by atoms with Crippen molar-refractivity contribution in [2.45, 2.75) is 6.92 Å². The number of hydrogen-bond acceptors (Lipinski definition) is 5. The van der Waals surface area contributed by atoms with E-state index in [1.807, 2.05) is 48.5 Å². The molecule has 1 N–H and O–H groups in total. The Morgan fingerprint density at radius 3 is 2.95 bits per heavy atom. The molecule has 0 bridgehead atoms. The van der Waals surface area contributed by atoms with Crippen molar-refractivity contribution in [3.05, 3.63) is 41.4 Å². The second-order valence-electron chi connectivity index (χ2n) is 4.74. The van der Waals surface area contributed by atoms with Crippen LogP contribution in [0.4, 0.5) is 5.13 Å². The van der Waals surface area contributed by atoms with Gasteiger partial charge in [0.1, 0.15) is 12.4 Å². The molecule has 0 unspecified atom stereocenters. The fraction of sp³-hybridized carbons (Fsp3) is 0.333. The summed E-state index contributed by atoms with van der Waals surface area (Å²) in [6.45, 7) is 3.56. The standard InChI is InChI=1S/C15H19N3O2S/c1-12-5-3-4-6-13(12)20-9-8-18(2)11-14(19)17-15-16-7-10-21-15/h3-7,10H,8-9,11H2,1-2H3,(H,16,17,19). The maximum Gasteiger partial charge on any atom is 0.240 e. The molecule has 0 aliphatic rings. The number of anilines is 1. The van der Waals surface area contributed by atoms with Gasteiger partial charge < -0.3 is 10.1 Å². The number of nitrogens with one attached hydrogen (secondary N) is 1. The highest BCUT2D eigenvalue weighted by Gasteiger charge is 2.08. The number of thiazole rings is 1. The largest absolute Gasteiger partial charge is 0.492 e. The molecule has 0 spiro atoms. The first-order chi connectivity index (χ1) is 10.1. The molecule has 0 atom stereocenters. The minimum atomic E-state index is -0.0664. The van der Waals surface area contributed by atoms with Crippen molar-refractivity contribution in [1.29, 1.82) is 0 Å². The average Bonchev–Trinajstić information content (AvgIpc) is 2.93. The second kappa shape index (κ2) is 7.75. The third-order valence-corrected chi connectivity index (χ3v) is 3.60. The summed E-state index contributed by atoms with van der Waals surface area (Å²) in [7, 11) is 1.89. The van der Waals surface area contributed by atoms with Crippen LogP contribution in [-0.4, -0.2) is 42.5 Å². The topological polar surface area (TPSA) is 54.5 Å². The highest BCUT2D eigenvalue weighted by molar-refractivity contribution is 7.13. The number of para-hydroxylation sites is 1. The van der Waals surface area contributed by atoms with Gasteiger partial charge in [-0.1, -0.05) is 18.2 Å². The van der Waals surface area contributed by atoms with E-state index in [4.69, 9.17) is 4.74 Å². The van der Waals surface area contributed by atoms with Crippen molar-refractivity contribution in [1.82, 2.24) is 9.88 Å². The Labute approximate surface area is 128 Å². The summed E-state index contributed by atoms with van der Waals surface area (Å²) in [5.74, 6) is 0.821. The Balaban J connectivity index is 1.69. The lowest BCUT2D eigenvalue weighted by Gasteiger charge is -2.16. The number of benzene rings is 1. The fourth-order valence-corrected chi connectivity index (χ4v) is 2.34. The molecule has 1 aromatic carbocycles. The molecule has 0 fully saturated rings. The molecule has 6 heteroatoms. The van der Waals surface area contributed by atoms with Crippen LogP contribution in [0.25, 0.3) is 0 Å². The Morgan fingerprint density at radius 1 is 1.43 bits per heavy atom. The van der Waals surface area contributed by atoms with E-state index in [1.165, 1.54) is 11.3 Å². The molecule has 2 aromatic rings. The molecule has 0 saturated carbocycles. The Bertz CT molecular complexity index is 572. The smallest absolute Gasteiger partial charge is 0.240 e. The van der Waals surface area contributed by atoms with E-state index >= 15 is 0 Å². The summed E-state index contributed by atoms with van der Waals surface area (Å²) in [6.07, 6.45) is 1.67. The summed E-state index contributed by atoms with van der Waals surface area (Å²) in [5.41, 5.74) is 1.11. The van der Waals surface area contributed by atoms with Gasteiger partial charge in [-0.15, -0.1) is 11.3 Å². The summed E-state index contributed by atoms with van der Waals surface area (Å²) in [6, 6.07) is 7.90. The molecule has 1 amide bonds. The van der Waals surface area contributed by atoms with Crippen LogP contribution in [0.3, 0.4) is 0 Å². The van der Waals surface area contributed by atoms with E-state index in [-0.39, 0.29) is 5.91 Å². The quantitative estimate of drug-likeness (QED) is 0.853. The van der Waals surface area contributed by atoms with E-state index in [9.17, 15) is 4.79 Å². The third kappa shape index (κ3) is 5.17. The lowest BCUT2D eigenvalue weighted by Crippen LogP contribution is -2.33. The van der Waals surface area contributed by atoms with Gasteiger partial charge in [0.15, 0.2) is 5.13 Å². The predicted octanol–water partition coefficient (Wildman–Crippen LogP) is 2.40. The van der Waals surface area contributed by atoms with Gasteiger partial charge in [0.25, 0.3) is 0 Å². The monoisotopic (exact) mass is 305 g/mol. The Morgan fingerprint density at radius 2 is 2.24 bits per heavy atom. The zero-order chi connectivity index (χ0) is 15.1. The van der Waals surface area contributed by atoms with Crippen molar-refractivity contribution in [3.8, 4) is 5.75 Å². The number of carbonyl (C=O) groups excluding carboxylic acids is 1. The minimum Gasteiger partial charge on any atom is -0.492 e. The zero-order valence-corrected chi connectivity index (χ0v) is 13.0. The number of aromatic nitrogens is 1. The van der Waals surface area contributed by atoms with Crippen molar-refractivity contribution in [3.63, 3.8) is 0 Å². The van der Waals surface area contributed by atoms with Gasteiger partial charge in [0.05, 0.1) is 6.54 Å². The Hall–Kier alpha value is -1.92. The van der Waals surface area contributed by atoms with Gasteiger partial charge in [0, 0.05) is 18.1 Å². The van der Waals surface area contributed by atoms with Crippen LogP contribution in [0, 0.1) is 6.92 Å². The van der Waals surface area contributed by atoms with Gasteiger partial charge in [-0.3, -0.25) is 9.69 Å². The number of ether oxygens (including phenoxy) is 1. The molecule has 1 aromatic heterocycles. The molecule has 0 radical (unpaired) electrons. The predicted molar refractivity (Wildman–Crippen MR) is 84.9 cm³/mol. The van der Waals surface area contributed by atoms with Crippen LogP contribution in [0.1, 0.15) is 5.56 Å². The van der Waals surface area contributed by atoms with Gasteiger partial charge in [0.2, 0.25) is 5.91 Å². The van der Waals surface area contributed by atoms with Gasteiger partial charge >= 0.3 is 0 Å². The van der Waals surface area contributed by atoms with Gasteiger partial charge in [-0.25, -0.2) is 4.98 Å². The van der Waals surface area contributed by atoms with Gasteiger partial charge in [-0.2, -0.15) is 0 Å². The van der Waals surface area contributed by atoms with Crippen LogP contribution in [-0.2, 0) is 4.79 Å². The molecule has 0 saturated heterocycles. The Kier molecular flexibility index (Phi) is 5.71. The molecular formula is C15H19N3O2S. The maximum atomic E-state index is 11.8. The lowest BCUT2D eigenvalue weighted by atomic mass is 10.2. The molecule has 2 rings (SSSR count). The molecule has 21 heavy (non-hydrogen) atoms. The minimum absolute atomic E-state index is 0.0664. The summed E-state index contributed by atoms with van der Waals surface area (Å²) in [5, 5.41) is 5.21. The maximum absolute atomic E-state index is 11.8. The van der Waals surface area contributed by atoms with E-state index in [0.29, 0.717) is 24.8 Å². The number of rotatable bonds is 7. The first kappa shape index (κ1) is 15.5. The zero-order valence-electron chi connectivity index (χ0n) is 12.2. The van der Waals surface area contributed by atoms with E-state index < -0.39 is 0 Å². The van der Waals surface area contributed by atoms with Crippen molar-refractivity contribution in [2.75, 3.05) is 32.1 Å². The number of amides is 1. The highest BCUT2D eigenvalue weighted by Crippen LogP contribution is 2.15. The third-order valence-electron chi connectivity index (χ3n) is 2.92. The van der Waals surface area contributed by atoms with Crippen molar-refractivity contribution in [2.24, 2.45) is 0 Å². The molecule has 0 aliphatic carbocycles. The van der Waals surface area contributed by atoms with Crippen molar-refractivity contribution >= 4 is 22.4 Å². The number of carbonyl (C=O) groups is 1.